The van der Waals surface area contributed by atoms with E-state index in [1.165, 1.54) is 0 Å². The zero-order valence-electron chi connectivity index (χ0n) is 9.89. The molecule has 15 heavy (non-hydrogen) atoms. The fourth-order valence-electron chi connectivity index (χ4n) is 1.21. The highest BCUT2D eigenvalue weighted by Gasteiger charge is 2.21. The van der Waals surface area contributed by atoms with E-state index in [9.17, 15) is 0 Å². The molecule has 0 aliphatic carbocycles. The van der Waals surface area contributed by atoms with Crippen LogP contribution >= 0.6 is 11.6 Å². The molecule has 1 heterocycles. The monoisotopic (exact) mass is 229 g/mol. The van der Waals surface area contributed by atoms with Crippen LogP contribution in [0.2, 0.25) is 0 Å². The Bertz CT molecular complexity index is 276. The van der Waals surface area contributed by atoms with Crippen molar-refractivity contribution in [1.82, 2.24) is 15.8 Å². The number of nitrogens with one attached hydrogen (secondary N) is 2. The summed E-state index contributed by atoms with van der Waals surface area (Å²) in [5.74, 6) is 0. The van der Waals surface area contributed by atoms with Gasteiger partial charge in [-0.2, -0.15) is 0 Å². The Labute approximate surface area is 97.1 Å². The molecule has 1 aliphatic rings. The van der Waals surface area contributed by atoms with E-state index in [4.69, 9.17) is 11.6 Å². The predicted molar refractivity (Wildman–Crippen MR) is 65.0 cm³/mol. The van der Waals surface area contributed by atoms with Crippen LogP contribution in [0.3, 0.4) is 0 Å². The molecule has 0 saturated carbocycles. The van der Waals surface area contributed by atoms with Gasteiger partial charge < -0.3 is 10.7 Å². The molecule has 0 bridgehead atoms. The van der Waals surface area contributed by atoms with Crippen LogP contribution in [-0.4, -0.2) is 17.1 Å². The van der Waals surface area contributed by atoms with Gasteiger partial charge in [-0.15, -0.1) is 0 Å². The van der Waals surface area contributed by atoms with Gasteiger partial charge >= 0.3 is 0 Å². The smallest absolute Gasteiger partial charge is 0.0831 e. The molecule has 3 nitrogen and oxygen atoms in total. The van der Waals surface area contributed by atoms with Crippen molar-refractivity contribution >= 4 is 11.6 Å². The number of hydrazine groups is 1. The van der Waals surface area contributed by atoms with E-state index in [0.29, 0.717) is 0 Å². The van der Waals surface area contributed by atoms with Crippen molar-refractivity contribution in [3.05, 3.63) is 23.1 Å². The largest absolute Gasteiger partial charge is 0.383 e. The molecule has 2 N–H and O–H groups in total. The molecule has 0 spiro atoms. The van der Waals surface area contributed by atoms with Gasteiger partial charge in [-0.25, -0.2) is 0 Å². The molecule has 0 amide bonds. The van der Waals surface area contributed by atoms with Crippen LogP contribution in [0.4, 0.5) is 0 Å². The van der Waals surface area contributed by atoms with Gasteiger partial charge in [0.05, 0.1) is 16.3 Å². The quantitative estimate of drug-likeness (QED) is 0.779. The fourth-order valence-corrected chi connectivity index (χ4v) is 1.42. The van der Waals surface area contributed by atoms with Crippen molar-refractivity contribution in [2.45, 2.75) is 39.7 Å². The molecule has 0 aromatic rings. The molecule has 0 aromatic heterocycles. The maximum Gasteiger partial charge on any atom is 0.0831 e. The van der Waals surface area contributed by atoms with Crippen molar-refractivity contribution in [2.75, 3.05) is 6.54 Å². The number of rotatable bonds is 3. The molecular weight excluding hydrogens is 210 g/mol. The summed E-state index contributed by atoms with van der Waals surface area (Å²) in [7, 11) is 0. The lowest BCUT2D eigenvalue weighted by Gasteiger charge is -2.37. The Morgan fingerprint density at radius 2 is 2.13 bits per heavy atom. The second-order valence-corrected chi connectivity index (χ2v) is 5.04. The lowest BCUT2D eigenvalue weighted by Crippen LogP contribution is -2.46. The van der Waals surface area contributed by atoms with Crippen LogP contribution in [0.15, 0.2) is 23.1 Å². The number of nitrogens with zero attached hydrogens (tertiary/aromatic N) is 1. The summed E-state index contributed by atoms with van der Waals surface area (Å²) in [5.41, 5.74) is 4.17. The maximum atomic E-state index is 6.17. The second kappa shape index (κ2) is 4.79. The van der Waals surface area contributed by atoms with Crippen molar-refractivity contribution < 1.29 is 0 Å². The average Bonchev–Trinajstić information content (AvgIpc) is 2.14. The van der Waals surface area contributed by atoms with E-state index < -0.39 is 0 Å². The molecule has 1 rings (SSSR count). The molecule has 0 unspecified atom stereocenters. The fraction of sp³-hybridized carbons (Fsp3) is 0.636. The van der Waals surface area contributed by atoms with Gasteiger partial charge in [0.1, 0.15) is 0 Å². The van der Waals surface area contributed by atoms with Gasteiger partial charge in [-0.1, -0.05) is 18.5 Å². The SMILES string of the molecule is CCCNC1=CNN(C(C)(C)C)C=C1Cl. The van der Waals surface area contributed by atoms with Crippen LogP contribution in [0.25, 0.3) is 0 Å². The summed E-state index contributed by atoms with van der Waals surface area (Å²) >= 11 is 6.17. The summed E-state index contributed by atoms with van der Waals surface area (Å²) in [6.07, 6.45) is 4.91. The molecule has 1 aliphatic heterocycles. The third-order valence-corrected chi connectivity index (χ3v) is 2.44. The summed E-state index contributed by atoms with van der Waals surface area (Å²) in [6, 6.07) is 0. The number of hydrogen-bond donors (Lipinski definition) is 2. The Hall–Kier alpha value is -0.830. The summed E-state index contributed by atoms with van der Waals surface area (Å²) in [5, 5.41) is 6.00. The van der Waals surface area contributed by atoms with Crippen LogP contribution in [0, 0.1) is 0 Å². The van der Waals surface area contributed by atoms with Gasteiger partial charge in [0.2, 0.25) is 0 Å². The van der Waals surface area contributed by atoms with Gasteiger partial charge in [0, 0.05) is 18.9 Å². The predicted octanol–water partition coefficient (Wildman–Crippen LogP) is 2.53. The highest BCUT2D eigenvalue weighted by molar-refractivity contribution is 6.31. The minimum absolute atomic E-state index is 0.0208. The average molecular weight is 230 g/mol. The van der Waals surface area contributed by atoms with Gasteiger partial charge in [-0.05, 0) is 27.2 Å². The zero-order chi connectivity index (χ0) is 11.5. The summed E-state index contributed by atoms with van der Waals surface area (Å²) in [4.78, 5) is 0. The molecule has 86 valence electrons. The van der Waals surface area contributed by atoms with E-state index in [-0.39, 0.29) is 5.54 Å². The third kappa shape index (κ3) is 3.34. The van der Waals surface area contributed by atoms with E-state index in [2.05, 4.69) is 38.4 Å². The van der Waals surface area contributed by atoms with E-state index >= 15 is 0 Å². The third-order valence-electron chi connectivity index (χ3n) is 2.14. The lowest BCUT2D eigenvalue weighted by molar-refractivity contribution is 0.158. The minimum atomic E-state index is 0.0208. The summed E-state index contributed by atoms with van der Waals surface area (Å²) in [6.45, 7) is 9.44. The Balaban J connectivity index is 2.63. The summed E-state index contributed by atoms with van der Waals surface area (Å²) < 4.78 is 0. The zero-order valence-corrected chi connectivity index (χ0v) is 10.7. The normalized spacial score (nSPS) is 16.7. The minimum Gasteiger partial charge on any atom is -0.383 e. The molecular formula is C11H20ClN3. The Morgan fingerprint density at radius 3 is 2.60 bits per heavy atom. The topological polar surface area (TPSA) is 27.3 Å². The lowest BCUT2D eigenvalue weighted by atomic mass is 10.1. The highest BCUT2D eigenvalue weighted by atomic mass is 35.5. The van der Waals surface area contributed by atoms with E-state index in [1.807, 2.05) is 17.4 Å². The molecule has 4 heteroatoms. The van der Waals surface area contributed by atoms with Gasteiger partial charge in [-0.3, -0.25) is 5.01 Å². The Morgan fingerprint density at radius 1 is 1.47 bits per heavy atom. The van der Waals surface area contributed by atoms with Crippen LogP contribution in [0.1, 0.15) is 34.1 Å². The van der Waals surface area contributed by atoms with Gasteiger partial charge in [0.15, 0.2) is 0 Å². The van der Waals surface area contributed by atoms with Crippen molar-refractivity contribution in [2.24, 2.45) is 0 Å². The van der Waals surface area contributed by atoms with Crippen LogP contribution in [-0.2, 0) is 0 Å². The van der Waals surface area contributed by atoms with Gasteiger partial charge in [0.25, 0.3) is 0 Å². The first kappa shape index (κ1) is 12.2. The van der Waals surface area contributed by atoms with Crippen molar-refractivity contribution in [1.29, 1.82) is 0 Å². The number of allylic oxidation sites excluding steroid dienone is 1. The maximum absolute atomic E-state index is 6.17. The molecule has 0 aromatic carbocycles. The van der Waals surface area contributed by atoms with Crippen LogP contribution in [0.5, 0.6) is 0 Å². The number of halogens is 1. The number of hydrogen-bond acceptors (Lipinski definition) is 3. The molecule has 0 saturated heterocycles. The first-order chi connectivity index (χ1) is 6.95. The molecule has 0 fully saturated rings. The molecule has 0 atom stereocenters. The van der Waals surface area contributed by atoms with E-state index in [1.54, 1.807) is 0 Å². The molecule has 0 radical (unpaired) electrons. The Kier molecular flexibility index (Phi) is 3.91. The first-order valence-corrected chi connectivity index (χ1v) is 5.70. The van der Waals surface area contributed by atoms with Crippen molar-refractivity contribution in [3.63, 3.8) is 0 Å². The standard InChI is InChI=1S/C11H20ClN3/c1-5-6-13-10-7-14-15(8-9(10)12)11(2,3)4/h7-8,13-14H,5-6H2,1-4H3. The second-order valence-electron chi connectivity index (χ2n) is 4.63. The van der Waals surface area contributed by atoms with Crippen molar-refractivity contribution in [3.8, 4) is 0 Å². The van der Waals surface area contributed by atoms with Crippen LogP contribution < -0.4 is 10.7 Å². The first-order valence-electron chi connectivity index (χ1n) is 5.32. The highest BCUT2D eigenvalue weighted by Crippen LogP contribution is 2.21. The van der Waals surface area contributed by atoms with E-state index in [0.717, 1.165) is 23.7 Å².